The van der Waals surface area contributed by atoms with Gasteiger partial charge >= 0.3 is 6.18 Å². The fraction of sp³-hybridized carbons (Fsp3) is 0.211. The molecule has 0 amide bonds. The Balaban J connectivity index is 2.16. The quantitative estimate of drug-likeness (QED) is 0.678. The highest BCUT2D eigenvalue weighted by atomic mass is 32.2. The highest BCUT2D eigenvalue weighted by Gasteiger charge is 2.35. The minimum Gasteiger partial charge on any atom is -0.375 e. The number of primary sulfonamides is 1. The second-order valence-corrected chi connectivity index (χ2v) is 7.99. The van der Waals surface area contributed by atoms with Crippen molar-refractivity contribution in [3.8, 4) is 16.9 Å². The van der Waals surface area contributed by atoms with Crippen LogP contribution in [0.1, 0.15) is 12.6 Å². The summed E-state index contributed by atoms with van der Waals surface area (Å²) in [7, 11) is -2.04. The molecular formula is C19H19F3N4O2S. The number of benzene rings is 2. The van der Waals surface area contributed by atoms with Gasteiger partial charge in [0.25, 0.3) is 0 Å². The van der Waals surface area contributed by atoms with Crippen molar-refractivity contribution in [3.05, 3.63) is 60.3 Å². The van der Waals surface area contributed by atoms with Gasteiger partial charge in [0.2, 0.25) is 10.0 Å². The smallest absolute Gasteiger partial charge is 0.375 e. The number of nitrogens with two attached hydrogens (primary N) is 1. The molecule has 0 radical (unpaired) electrons. The summed E-state index contributed by atoms with van der Waals surface area (Å²) in [5.41, 5.74) is 0.846. The van der Waals surface area contributed by atoms with E-state index in [-0.39, 0.29) is 16.3 Å². The summed E-state index contributed by atoms with van der Waals surface area (Å²) >= 11 is 0. The molecule has 0 aliphatic carbocycles. The molecule has 0 saturated heterocycles. The SMILES string of the molecule is CCN(C)c1cccc(-c2cc(C(F)(F)F)nn2-c2ccc(S(N)(=O)=O)cc2)c1. The van der Waals surface area contributed by atoms with Crippen LogP contribution < -0.4 is 10.0 Å². The van der Waals surface area contributed by atoms with Gasteiger partial charge in [-0.1, -0.05) is 12.1 Å². The summed E-state index contributed by atoms with van der Waals surface area (Å²) in [6.45, 7) is 2.69. The summed E-state index contributed by atoms with van der Waals surface area (Å²) < 4.78 is 64.0. The molecule has 2 aromatic carbocycles. The lowest BCUT2D eigenvalue weighted by Gasteiger charge is -2.18. The number of sulfonamides is 1. The molecule has 154 valence electrons. The molecule has 3 rings (SSSR count). The monoisotopic (exact) mass is 424 g/mol. The number of rotatable bonds is 5. The summed E-state index contributed by atoms with van der Waals surface area (Å²) in [4.78, 5) is 1.81. The van der Waals surface area contributed by atoms with E-state index in [9.17, 15) is 21.6 Å². The average molecular weight is 424 g/mol. The topological polar surface area (TPSA) is 81.2 Å². The Morgan fingerprint density at radius 2 is 1.76 bits per heavy atom. The van der Waals surface area contributed by atoms with Gasteiger partial charge in [-0.25, -0.2) is 18.2 Å². The van der Waals surface area contributed by atoms with Crippen LogP contribution in [0.4, 0.5) is 18.9 Å². The minimum absolute atomic E-state index is 0.141. The van der Waals surface area contributed by atoms with Crippen molar-refractivity contribution in [1.29, 1.82) is 0 Å². The van der Waals surface area contributed by atoms with Crippen LogP contribution in [0, 0.1) is 0 Å². The Kier molecular flexibility index (Phi) is 5.42. The van der Waals surface area contributed by atoms with E-state index in [4.69, 9.17) is 5.14 Å². The van der Waals surface area contributed by atoms with Crippen LogP contribution in [-0.4, -0.2) is 31.8 Å². The fourth-order valence-electron chi connectivity index (χ4n) is 2.78. The first-order chi connectivity index (χ1) is 13.5. The van der Waals surface area contributed by atoms with Crippen LogP contribution >= 0.6 is 0 Å². The predicted octanol–water partition coefficient (Wildman–Crippen LogP) is 3.66. The maximum absolute atomic E-state index is 13.3. The number of anilines is 1. The third-order valence-electron chi connectivity index (χ3n) is 4.47. The molecule has 0 aliphatic heterocycles. The highest BCUT2D eigenvalue weighted by Crippen LogP contribution is 2.34. The highest BCUT2D eigenvalue weighted by molar-refractivity contribution is 7.89. The van der Waals surface area contributed by atoms with Crippen LogP contribution in [0.2, 0.25) is 0 Å². The maximum Gasteiger partial charge on any atom is 0.435 e. The molecule has 2 N–H and O–H groups in total. The minimum atomic E-state index is -4.63. The molecule has 1 heterocycles. The van der Waals surface area contributed by atoms with Gasteiger partial charge in [-0.2, -0.15) is 18.3 Å². The number of aromatic nitrogens is 2. The first-order valence-electron chi connectivity index (χ1n) is 8.63. The molecule has 0 unspecified atom stereocenters. The lowest BCUT2D eigenvalue weighted by Crippen LogP contribution is -2.15. The summed E-state index contributed by atoms with van der Waals surface area (Å²) in [6.07, 6.45) is -4.63. The van der Waals surface area contributed by atoms with Gasteiger partial charge < -0.3 is 4.90 Å². The number of nitrogens with zero attached hydrogens (tertiary/aromatic N) is 3. The zero-order chi connectivity index (χ0) is 21.4. The first kappa shape index (κ1) is 20.9. The lowest BCUT2D eigenvalue weighted by molar-refractivity contribution is -0.141. The van der Waals surface area contributed by atoms with Crippen molar-refractivity contribution in [1.82, 2.24) is 9.78 Å². The van der Waals surface area contributed by atoms with Gasteiger partial charge in [-0.05, 0) is 49.4 Å². The van der Waals surface area contributed by atoms with Crippen molar-refractivity contribution >= 4 is 15.7 Å². The van der Waals surface area contributed by atoms with Crippen molar-refractivity contribution in [2.75, 3.05) is 18.5 Å². The maximum atomic E-state index is 13.3. The zero-order valence-electron chi connectivity index (χ0n) is 15.7. The summed E-state index contributed by atoms with van der Waals surface area (Å²) in [5.74, 6) is 0. The Hall–Kier alpha value is -2.85. The van der Waals surface area contributed by atoms with Crippen LogP contribution in [-0.2, 0) is 16.2 Å². The molecule has 0 fully saturated rings. The van der Waals surface area contributed by atoms with E-state index < -0.39 is 21.9 Å². The van der Waals surface area contributed by atoms with Crippen molar-refractivity contribution in [3.63, 3.8) is 0 Å². The molecular weight excluding hydrogens is 405 g/mol. The number of hydrogen-bond acceptors (Lipinski definition) is 4. The predicted molar refractivity (Wildman–Crippen MR) is 104 cm³/mol. The normalized spacial score (nSPS) is 12.2. The van der Waals surface area contributed by atoms with Crippen LogP contribution in [0.15, 0.2) is 59.5 Å². The van der Waals surface area contributed by atoms with Gasteiger partial charge in [-0.3, -0.25) is 0 Å². The Morgan fingerprint density at radius 1 is 1.10 bits per heavy atom. The van der Waals surface area contributed by atoms with Gasteiger partial charge in [0, 0.05) is 24.8 Å². The Bertz CT molecular complexity index is 1120. The molecule has 0 spiro atoms. The standard InChI is InChI=1S/C19H19F3N4O2S/c1-3-25(2)15-6-4-5-13(11-15)17-12-18(19(20,21)22)24-26(17)14-7-9-16(10-8-14)29(23,27)28/h4-12H,3H2,1-2H3,(H2,23,27,28). The third-order valence-corrected chi connectivity index (χ3v) is 5.40. The van der Waals surface area contributed by atoms with Gasteiger partial charge in [0.05, 0.1) is 16.3 Å². The van der Waals surface area contributed by atoms with Crippen molar-refractivity contribution in [2.24, 2.45) is 5.14 Å². The average Bonchev–Trinajstić information content (AvgIpc) is 3.13. The molecule has 0 saturated carbocycles. The van der Waals surface area contributed by atoms with E-state index in [0.717, 1.165) is 23.0 Å². The number of alkyl halides is 3. The molecule has 0 atom stereocenters. The lowest BCUT2D eigenvalue weighted by atomic mass is 10.1. The first-order valence-corrected chi connectivity index (χ1v) is 10.2. The van der Waals surface area contributed by atoms with Crippen molar-refractivity contribution < 1.29 is 21.6 Å². The van der Waals surface area contributed by atoms with Gasteiger partial charge in [0.1, 0.15) is 0 Å². The summed E-state index contributed by atoms with van der Waals surface area (Å²) in [6, 6.07) is 13.2. The molecule has 29 heavy (non-hydrogen) atoms. The molecule has 10 heteroatoms. The molecule has 0 bridgehead atoms. The van der Waals surface area contributed by atoms with Crippen LogP contribution in [0.3, 0.4) is 0 Å². The van der Waals surface area contributed by atoms with E-state index in [1.165, 1.54) is 24.3 Å². The largest absolute Gasteiger partial charge is 0.435 e. The Morgan fingerprint density at radius 3 is 2.31 bits per heavy atom. The van der Waals surface area contributed by atoms with Gasteiger partial charge in [-0.15, -0.1) is 0 Å². The number of hydrogen-bond donors (Lipinski definition) is 1. The second kappa shape index (κ2) is 7.53. The molecule has 3 aromatic rings. The van der Waals surface area contributed by atoms with Gasteiger partial charge in [0.15, 0.2) is 5.69 Å². The summed E-state index contributed by atoms with van der Waals surface area (Å²) in [5, 5.41) is 8.79. The second-order valence-electron chi connectivity index (χ2n) is 6.43. The van der Waals surface area contributed by atoms with Crippen molar-refractivity contribution in [2.45, 2.75) is 18.0 Å². The van der Waals surface area contributed by atoms with Crippen LogP contribution in [0.5, 0.6) is 0 Å². The fourth-order valence-corrected chi connectivity index (χ4v) is 3.30. The third kappa shape index (κ3) is 4.43. The molecule has 6 nitrogen and oxygen atoms in total. The molecule has 1 aromatic heterocycles. The van der Waals surface area contributed by atoms with E-state index >= 15 is 0 Å². The zero-order valence-corrected chi connectivity index (χ0v) is 16.5. The van der Waals surface area contributed by atoms with E-state index in [0.29, 0.717) is 5.56 Å². The van der Waals surface area contributed by atoms with E-state index in [2.05, 4.69) is 5.10 Å². The van der Waals surface area contributed by atoms with Crippen LogP contribution in [0.25, 0.3) is 16.9 Å². The number of halogens is 3. The molecule has 0 aliphatic rings. The Labute approximate surface area is 166 Å². The van der Waals surface area contributed by atoms with E-state index in [1.54, 1.807) is 18.2 Å². The van der Waals surface area contributed by atoms with E-state index in [1.807, 2.05) is 24.9 Å².